The molecule has 0 aliphatic rings. The number of urea groups is 1. The van der Waals surface area contributed by atoms with Gasteiger partial charge in [-0.15, -0.1) is 10.2 Å². The van der Waals surface area contributed by atoms with Gasteiger partial charge < -0.3 is 5.32 Å². The van der Waals surface area contributed by atoms with Gasteiger partial charge in [-0.3, -0.25) is 10.3 Å². The van der Waals surface area contributed by atoms with Crippen LogP contribution >= 0.6 is 27.3 Å². The number of benzene rings is 1. The number of nitrogens with one attached hydrogen (secondary N) is 2. The number of carbonyl (C=O) groups excluding carboxylic acids is 1. The summed E-state index contributed by atoms with van der Waals surface area (Å²) in [5, 5.41) is 14.8. The van der Waals surface area contributed by atoms with Crippen molar-refractivity contribution >= 4 is 44.1 Å². The molecule has 0 atom stereocenters. The van der Waals surface area contributed by atoms with Crippen molar-refractivity contribution in [3.63, 3.8) is 0 Å². The highest BCUT2D eigenvalue weighted by Gasteiger charge is 2.12. The Morgan fingerprint density at radius 2 is 1.92 bits per heavy atom. The number of hydrogen-bond donors (Lipinski definition) is 2. The van der Waals surface area contributed by atoms with E-state index in [1.807, 2.05) is 30.3 Å². The second kappa shape index (κ2) is 8.37. The van der Waals surface area contributed by atoms with Gasteiger partial charge in [0.1, 0.15) is 0 Å². The molecule has 0 spiro atoms. The Labute approximate surface area is 164 Å². The Kier molecular flexibility index (Phi) is 5.95. The van der Waals surface area contributed by atoms with E-state index in [9.17, 15) is 4.79 Å². The topological polar surface area (TPSA) is 79.8 Å². The first-order valence-corrected chi connectivity index (χ1v) is 9.72. The van der Waals surface area contributed by atoms with Gasteiger partial charge in [0.05, 0.1) is 0 Å². The number of anilines is 2. The lowest BCUT2D eigenvalue weighted by molar-refractivity contribution is 0.262. The minimum atomic E-state index is -0.349. The van der Waals surface area contributed by atoms with Crippen LogP contribution in [0.1, 0.15) is 19.4 Å². The average molecular weight is 432 g/mol. The van der Waals surface area contributed by atoms with Gasteiger partial charge in [0.25, 0.3) is 0 Å². The number of nitrogens with zero attached hydrogens (tertiary/aromatic N) is 3. The van der Waals surface area contributed by atoms with Crippen LogP contribution in [0.15, 0.2) is 47.2 Å². The van der Waals surface area contributed by atoms with Gasteiger partial charge >= 0.3 is 6.03 Å². The molecule has 2 amide bonds. The fourth-order valence-electron chi connectivity index (χ4n) is 2.39. The summed E-state index contributed by atoms with van der Waals surface area (Å²) in [4.78, 5) is 16.2. The third kappa shape index (κ3) is 4.86. The molecular formula is C18H18BrN5OS. The van der Waals surface area contributed by atoms with Gasteiger partial charge in [-0.2, -0.15) is 0 Å². The molecule has 2 aromatic heterocycles. The first-order chi connectivity index (χ1) is 12.5. The summed E-state index contributed by atoms with van der Waals surface area (Å²) in [5.74, 6) is 0.601. The lowest BCUT2D eigenvalue weighted by Gasteiger charge is -2.08. The number of pyridine rings is 1. The summed E-state index contributed by atoms with van der Waals surface area (Å²) < 4.78 is 0.827. The smallest absolute Gasteiger partial charge is 0.308 e. The molecule has 26 heavy (non-hydrogen) atoms. The SMILES string of the molecule is CC(C)Cc1ccc(NC(=O)Nc2nnc(-c3ccncc3Br)s2)cc1. The number of aromatic nitrogens is 3. The molecule has 0 radical (unpaired) electrons. The van der Waals surface area contributed by atoms with Gasteiger partial charge in [0.15, 0.2) is 5.01 Å². The molecule has 3 rings (SSSR count). The van der Waals surface area contributed by atoms with E-state index >= 15 is 0 Å². The highest BCUT2D eigenvalue weighted by atomic mass is 79.9. The van der Waals surface area contributed by atoms with Gasteiger partial charge in [0, 0.05) is 28.1 Å². The van der Waals surface area contributed by atoms with E-state index in [-0.39, 0.29) is 6.03 Å². The van der Waals surface area contributed by atoms with E-state index in [1.165, 1.54) is 16.9 Å². The van der Waals surface area contributed by atoms with E-state index in [1.54, 1.807) is 12.4 Å². The van der Waals surface area contributed by atoms with Crippen LogP contribution in [-0.2, 0) is 6.42 Å². The molecule has 2 N–H and O–H groups in total. The third-order valence-electron chi connectivity index (χ3n) is 3.50. The highest BCUT2D eigenvalue weighted by molar-refractivity contribution is 9.10. The molecule has 3 aromatic rings. The summed E-state index contributed by atoms with van der Waals surface area (Å²) in [6, 6.07) is 9.35. The quantitative estimate of drug-likeness (QED) is 0.581. The largest absolute Gasteiger partial charge is 0.325 e. The van der Waals surface area contributed by atoms with E-state index < -0.39 is 0 Å². The predicted molar refractivity (Wildman–Crippen MR) is 108 cm³/mol. The monoisotopic (exact) mass is 431 g/mol. The number of carbonyl (C=O) groups is 1. The highest BCUT2D eigenvalue weighted by Crippen LogP contribution is 2.31. The van der Waals surface area contributed by atoms with Gasteiger partial charge in [-0.05, 0) is 52.0 Å². The van der Waals surface area contributed by atoms with Crippen molar-refractivity contribution in [2.45, 2.75) is 20.3 Å². The molecule has 6 nitrogen and oxygen atoms in total. The minimum absolute atomic E-state index is 0.349. The second-order valence-electron chi connectivity index (χ2n) is 6.14. The third-order valence-corrected chi connectivity index (χ3v) is 5.01. The summed E-state index contributed by atoms with van der Waals surface area (Å²) in [6.45, 7) is 4.36. The number of halogens is 1. The maximum absolute atomic E-state index is 12.2. The Hall–Kier alpha value is -2.32. The first kappa shape index (κ1) is 18.5. The van der Waals surface area contributed by atoms with Gasteiger partial charge in [0.2, 0.25) is 5.13 Å². The maximum atomic E-state index is 12.2. The van der Waals surface area contributed by atoms with Crippen LogP contribution in [-0.4, -0.2) is 21.2 Å². The lowest BCUT2D eigenvalue weighted by Crippen LogP contribution is -2.19. The van der Waals surface area contributed by atoms with Crippen LogP contribution in [0.25, 0.3) is 10.6 Å². The maximum Gasteiger partial charge on any atom is 0.325 e. The van der Waals surface area contributed by atoms with Crippen LogP contribution < -0.4 is 10.6 Å². The van der Waals surface area contributed by atoms with Crippen molar-refractivity contribution < 1.29 is 4.79 Å². The van der Waals surface area contributed by atoms with Gasteiger partial charge in [-0.25, -0.2) is 4.79 Å². The fourth-order valence-corrected chi connectivity index (χ4v) is 3.73. The molecule has 0 bridgehead atoms. The fraction of sp³-hybridized carbons (Fsp3) is 0.222. The summed E-state index contributed by atoms with van der Waals surface area (Å²) in [6.07, 6.45) is 4.40. The number of hydrogen-bond acceptors (Lipinski definition) is 5. The number of amides is 2. The molecule has 0 fully saturated rings. The van der Waals surface area contributed by atoms with E-state index in [0.717, 1.165) is 22.1 Å². The molecule has 134 valence electrons. The van der Waals surface area contributed by atoms with Crippen molar-refractivity contribution in [3.8, 4) is 10.6 Å². The second-order valence-corrected chi connectivity index (χ2v) is 7.97. The molecule has 0 saturated heterocycles. The zero-order valence-electron chi connectivity index (χ0n) is 14.4. The van der Waals surface area contributed by atoms with Crippen molar-refractivity contribution in [2.75, 3.05) is 10.6 Å². The zero-order valence-corrected chi connectivity index (χ0v) is 16.8. The van der Waals surface area contributed by atoms with Crippen LogP contribution in [0.5, 0.6) is 0 Å². The Bertz CT molecular complexity index is 895. The summed E-state index contributed by atoms with van der Waals surface area (Å²) in [5.41, 5.74) is 2.87. The standard InChI is InChI=1S/C18H18BrN5OS/c1-11(2)9-12-3-5-13(6-4-12)21-17(25)22-18-24-23-16(26-18)14-7-8-20-10-15(14)19/h3-8,10-11H,9H2,1-2H3,(H2,21,22,24,25). The molecule has 0 aliphatic heterocycles. The molecule has 0 aliphatic carbocycles. The van der Waals surface area contributed by atoms with E-state index in [2.05, 4.69) is 55.6 Å². The van der Waals surface area contributed by atoms with Crippen LogP contribution in [0.2, 0.25) is 0 Å². The zero-order chi connectivity index (χ0) is 18.5. The normalized spacial score (nSPS) is 10.8. The molecular weight excluding hydrogens is 414 g/mol. The van der Waals surface area contributed by atoms with Crippen LogP contribution in [0.4, 0.5) is 15.6 Å². The van der Waals surface area contributed by atoms with Crippen molar-refractivity contribution in [3.05, 3.63) is 52.8 Å². The first-order valence-electron chi connectivity index (χ1n) is 8.11. The molecule has 1 aromatic carbocycles. The predicted octanol–water partition coefficient (Wildman–Crippen LogP) is 5.21. The Balaban J connectivity index is 1.61. The van der Waals surface area contributed by atoms with E-state index in [4.69, 9.17) is 0 Å². The lowest BCUT2D eigenvalue weighted by atomic mass is 10.0. The molecule has 0 saturated carbocycles. The molecule has 2 heterocycles. The Morgan fingerprint density at radius 1 is 1.15 bits per heavy atom. The molecule has 0 unspecified atom stereocenters. The van der Waals surface area contributed by atoms with Crippen molar-refractivity contribution in [1.82, 2.24) is 15.2 Å². The van der Waals surface area contributed by atoms with Crippen molar-refractivity contribution in [1.29, 1.82) is 0 Å². The van der Waals surface area contributed by atoms with E-state index in [0.29, 0.717) is 16.1 Å². The Morgan fingerprint density at radius 3 is 2.62 bits per heavy atom. The summed E-state index contributed by atoms with van der Waals surface area (Å²) >= 11 is 4.73. The average Bonchev–Trinajstić information content (AvgIpc) is 3.04. The van der Waals surface area contributed by atoms with Crippen LogP contribution in [0.3, 0.4) is 0 Å². The number of rotatable bonds is 5. The summed E-state index contributed by atoms with van der Waals surface area (Å²) in [7, 11) is 0. The van der Waals surface area contributed by atoms with Crippen LogP contribution in [0, 0.1) is 5.92 Å². The van der Waals surface area contributed by atoms with Gasteiger partial charge in [-0.1, -0.05) is 37.3 Å². The van der Waals surface area contributed by atoms with Crippen molar-refractivity contribution in [2.24, 2.45) is 5.92 Å². The molecule has 8 heteroatoms. The minimum Gasteiger partial charge on any atom is -0.308 e.